The van der Waals surface area contributed by atoms with Crippen LogP contribution in [0.4, 0.5) is 0 Å². The van der Waals surface area contributed by atoms with Crippen LogP contribution in [0.25, 0.3) is 0 Å². The van der Waals surface area contributed by atoms with Crippen LogP contribution >= 0.6 is 11.6 Å². The van der Waals surface area contributed by atoms with Crippen LogP contribution in [0, 0.1) is 5.92 Å². The average molecular weight is 272 g/mol. The minimum absolute atomic E-state index is 0.201. The number of halogens is 1. The molecule has 3 rings (SSSR count). The van der Waals surface area contributed by atoms with E-state index in [-0.39, 0.29) is 5.38 Å². The molecule has 1 saturated carbocycles. The van der Waals surface area contributed by atoms with E-state index in [0.29, 0.717) is 17.8 Å². The van der Waals surface area contributed by atoms with Crippen LogP contribution in [-0.4, -0.2) is 10.4 Å². The van der Waals surface area contributed by atoms with Gasteiger partial charge < -0.3 is 0 Å². The summed E-state index contributed by atoms with van der Waals surface area (Å²) in [5.74, 6) is 1.63. The molecule has 2 aromatic rings. The lowest BCUT2D eigenvalue weighted by molar-refractivity contribution is 0.616. The third kappa shape index (κ3) is 2.66. The maximum Gasteiger partial charge on any atom is 0.0436 e. The van der Waals surface area contributed by atoms with Crippen LogP contribution in [0.2, 0.25) is 0 Å². The molecule has 0 amide bonds. The summed E-state index contributed by atoms with van der Waals surface area (Å²) in [6.45, 7) is 2.22. The Morgan fingerprint density at radius 2 is 1.79 bits per heavy atom. The highest BCUT2D eigenvalue weighted by Gasteiger charge is 2.44. The number of pyridine rings is 1. The molecular weight excluding hydrogens is 254 g/mol. The van der Waals surface area contributed by atoms with Crippen molar-refractivity contribution in [3.8, 4) is 0 Å². The third-order valence-corrected chi connectivity index (χ3v) is 4.89. The maximum atomic E-state index is 6.69. The molecule has 2 heteroatoms. The van der Waals surface area contributed by atoms with Gasteiger partial charge in [0.1, 0.15) is 0 Å². The van der Waals surface area contributed by atoms with Crippen LogP contribution in [0.15, 0.2) is 54.9 Å². The Balaban J connectivity index is 1.68. The molecule has 0 N–H and O–H groups in total. The molecular formula is C17H18ClN. The van der Waals surface area contributed by atoms with Crippen molar-refractivity contribution in [2.45, 2.75) is 30.6 Å². The Hall–Kier alpha value is -1.34. The first-order chi connectivity index (χ1) is 9.27. The highest BCUT2D eigenvalue weighted by atomic mass is 35.5. The monoisotopic (exact) mass is 271 g/mol. The predicted molar refractivity (Wildman–Crippen MR) is 79.6 cm³/mol. The minimum Gasteiger partial charge on any atom is -0.265 e. The molecule has 98 valence electrons. The van der Waals surface area contributed by atoms with Crippen molar-refractivity contribution in [2.24, 2.45) is 5.92 Å². The predicted octanol–water partition coefficient (Wildman–Crippen LogP) is 4.60. The Kier molecular flexibility index (Phi) is 3.56. The van der Waals surface area contributed by atoms with E-state index in [1.165, 1.54) is 17.5 Å². The van der Waals surface area contributed by atoms with Gasteiger partial charge in [0.15, 0.2) is 0 Å². The molecule has 1 nitrogen and oxygen atoms in total. The van der Waals surface area contributed by atoms with Gasteiger partial charge in [-0.3, -0.25) is 4.98 Å². The summed E-state index contributed by atoms with van der Waals surface area (Å²) in [5.41, 5.74) is 2.72. The largest absolute Gasteiger partial charge is 0.265 e. The van der Waals surface area contributed by atoms with Crippen LogP contribution < -0.4 is 0 Å². The van der Waals surface area contributed by atoms with E-state index in [1.807, 2.05) is 12.4 Å². The number of rotatable bonds is 4. The fourth-order valence-electron chi connectivity index (χ4n) is 2.87. The molecule has 0 bridgehead atoms. The van der Waals surface area contributed by atoms with Gasteiger partial charge in [-0.2, -0.15) is 0 Å². The average Bonchev–Trinajstić information content (AvgIpc) is 3.28. The second kappa shape index (κ2) is 5.34. The molecule has 0 aliphatic heterocycles. The third-order valence-electron chi connectivity index (χ3n) is 4.19. The summed E-state index contributed by atoms with van der Waals surface area (Å²) in [6.07, 6.45) is 4.90. The minimum atomic E-state index is 0.201. The molecule has 1 aliphatic rings. The zero-order valence-corrected chi connectivity index (χ0v) is 11.8. The second-order valence-electron chi connectivity index (χ2n) is 5.43. The van der Waals surface area contributed by atoms with Gasteiger partial charge in [-0.25, -0.2) is 0 Å². The van der Waals surface area contributed by atoms with E-state index < -0.39 is 0 Å². The lowest BCUT2D eigenvalue weighted by atomic mass is 9.94. The van der Waals surface area contributed by atoms with E-state index in [2.05, 4.69) is 54.4 Å². The Morgan fingerprint density at radius 1 is 1.11 bits per heavy atom. The molecule has 4 atom stereocenters. The lowest BCUT2D eigenvalue weighted by Crippen LogP contribution is -2.13. The van der Waals surface area contributed by atoms with Crippen LogP contribution in [-0.2, 0) is 0 Å². The normalized spacial score (nSPS) is 24.7. The van der Waals surface area contributed by atoms with Crippen LogP contribution in [0.3, 0.4) is 0 Å². The van der Waals surface area contributed by atoms with Crippen molar-refractivity contribution in [1.29, 1.82) is 0 Å². The molecule has 0 spiro atoms. The van der Waals surface area contributed by atoms with Gasteiger partial charge in [-0.1, -0.05) is 37.3 Å². The van der Waals surface area contributed by atoms with E-state index in [1.54, 1.807) is 0 Å². The number of hydrogen-bond donors (Lipinski definition) is 0. The second-order valence-corrected chi connectivity index (χ2v) is 5.93. The number of nitrogens with zero attached hydrogens (tertiary/aromatic N) is 1. The summed E-state index contributed by atoms with van der Waals surface area (Å²) in [5, 5.41) is 0.201. The summed E-state index contributed by atoms with van der Waals surface area (Å²) < 4.78 is 0. The first-order valence-corrected chi connectivity index (χ1v) is 7.30. The van der Waals surface area contributed by atoms with E-state index in [9.17, 15) is 0 Å². The highest BCUT2D eigenvalue weighted by Crippen LogP contribution is 2.53. The zero-order valence-electron chi connectivity index (χ0n) is 11.0. The zero-order chi connectivity index (χ0) is 13.2. The number of aromatic nitrogens is 1. The van der Waals surface area contributed by atoms with Gasteiger partial charge in [-0.15, -0.1) is 11.6 Å². The molecule has 1 aliphatic carbocycles. The molecule has 1 aromatic carbocycles. The highest BCUT2D eigenvalue weighted by molar-refractivity contribution is 6.21. The summed E-state index contributed by atoms with van der Waals surface area (Å²) in [7, 11) is 0. The fraction of sp³-hybridized carbons (Fsp3) is 0.353. The van der Waals surface area contributed by atoms with Crippen molar-refractivity contribution < 1.29 is 0 Å². The summed E-state index contributed by atoms with van der Waals surface area (Å²) in [6, 6.07) is 14.9. The van der Waals surface area contributed by atoms with Gasteiger partial charge >= 0.3 is 0 Å². The van der Waals surface area contributed by atoms with Gasteiger partial charge in [0.05, 0.1) is 0 Å². The quantitative estimate of drug-likeness (QED) is 0.741. The molecule has 19 heavy (non-hydrogen) atoms. The van der Waals surface area contributed by atoms with Crippen molar-refractivity contribution in [2.75, 3.05) is 0 Å². The van der Waals surface area contributed by atoms with Gasteiger partial charge in [0.2, 0.25) is 0 Å². The Morgan fingerprint density at radius 3 is 2.47 bits per heavy atom. The summed E-state index contributed by atoms with van der Waals surface area (Å²) in [4.78, 5) is 4.07. The lowest BCUT2D eigenvalue weighted by Gasteiger charge is -2.18. The smallest absolute Gasteiger partial charge is 0.0436 e. The standard InChI is InChI=1S/C17H18ClN/c1-12(13-7-9-19-10-8-13)17(18)16-11-15(16)14-5-3-2-4-6-14/h2-10,12,15-17H,11H2,1H3. The molecule has 0 radical (unpaired) electrons. The Labute approximate surface area is 119 Å². The van der Waals surface area contributed by atoms with Crippen molar-refractivity contribution in [3.63, 3.8) is 0 Å². The Bertz CT molecular complexity index is 525. The first kappa shape index (κ1) is 12.7. The number of hydrogen-bond acceptors (Lipinski definition) is 1. The fourth-order valence-corrected chi connectivity index (χ4v) is 3.30. The van der Waals surface area contributed by atoms with Gasteiger partial charge in [0, 0.05) is 17.8 Å². The number of alkyl halides is 1. The first-order valence-electron chi connectivity index (χ1n) is 6.86. The molecule has 1 aromatic heterocycles. The topological polar surface area (TPSA) is 12.9 Å². The van der Waals surface area contributed by atoms with Crippen LogP contribution in [0.1, 0.15) is 36.3 Å². The SMILES string of the molecule is CC(c1ccncc1)C(Cl)C1CC1c1ccccc1. The van der Waals surface area contributed by atoms with E-state index in [0.717, 1.165) is 0 Å². The molecule has 4 unspecified atom stereocenters. The van der Waals surface area contributed by atoms with Crippen molar-refractivity contribution in [3.05, 3.63) is 66.0 Å². The van der Waals surface area contributed by atoms with Gasteiger partial charge in [-0.05, 0) is 47.4 Å². The van der Waals surface area contributed by atoms with Gasteiger partial charge in [0.25, 0.3) is 0 Å². The van der Waals surface area contributed by atoms with Crippen LogP contribution in [0.5, 0.6) is 0 Å². The maximum absolute atomic E-state index is 6.69. The van der Waals surface area contributed by atoms with E-state index >= 15 is 0 Å². The van der Waals surface area contributed by atoms with Crippen molar-refractivity contribution in [1.82, 2.24) is 4.98 Å². The molecule has 0 saturated heterocycles. The molecule has 1 fully saturated rings. The van der Waals surface area contributed by atoms with E-state index in [4.69, 9.17) is 11.6 Å². The summed E-state index contributed by atoms with van der Waals surface area (Å²) >= 11 is 6.69. The number of benzene rings is 1. The van der Waals surface area contributed by atoms with Crippen molar-refractivity contribution >= 4 is 11.6 Å². The molecule has 1 heterocycles.